The first-order valence-electron chi connectivity index (χ1n) is 8.19. The molecular weight excluding hydrogens is 382 g/mol. The van der Waals surface area contributed by atoms with E-state index in [0.717, 1.165) is 14.8 Å². The van der Waals surface area contributed by atoms with E-state index in [-0.39, 0.29) is 17.8 Å². The molecule has 2 aromatic carbocycles. The van der Waals surface area contributed by atoms with Crippen LogP contribution in [0.2, 0.25) is 0 Å². The Labute approximate surface area is 163 Å². The quantitative estimate of drug-likeness (QED) is 0.779. The third-order valence-electron chi connectivity index (χ3n) is 3.96. The number of hydrogen-bond donors (Lipinski definition) is 1. The van der Waals surface area contributed by atoms with Gasteiger partial charge in [-0.05, 0) is 36.9 Å². The maximum atomic E-state index is 12.7. The van der Waals surface area contributed by atoms with E-state index < -0.39 is 16.1 Å². The van der Waals surface area contributed by atoms with E-state index >= 15 is 0 Å². The predicted molar refractivity (Wildman–Crippen MR) is 109 cm³/mol. The summed E-state index contributed by atoms with van der Waals surface area (Å²) in [5.74, 6) is -0.400. The molecule has 0 aromatic heterocycles. The molecule has 140 valence electrons. The Hall–Kier alpha value is -2.58. The molecule has 1 N–H and O–H groups in total. The summed E-state index contributed by atoms with van der Waals surface area (Å²) in [5, 5.41) is 2.81. The summed E-state index contributed by atoms with van der Waals surface area (Å²) in [7, 11) is -3.86. The molecule has 1 aliphatic heterocycles. The highest BCUT2D eigenvalue weighted by molar-refractivity contribution is 7.98. The summed E-state index contributed by atoms with van der Waals surface area (Å²) in [6, 6.07) is 16.6. The predicted octanol–water partition coefficient (Wildman–Crippen LogP) is 3.45. The fourth-order valence-electron chi connectivity index (χ4n) is 2.59. The summed E-state index contributed by atoms with van der Waals surface area (Å²) in [4.78, 5) is 13.7. The van der Waals surface area contributed by atoms with Crippen molar-refractivity contribution in [1.29, 1.82) is 0 Å². The maximum absolute atomic E-state index is 12.7. The van der Waals surface area contributed by atoms with Crippen LogP contribution in [-0.4, -0.2) is 30.6 Å². The smallest absolute Gasteiger partial charge is 0.322 e. The lowest BCUT2D eigenvalue weighted by Gasteiger charge is -2.23. The van der Waals surface area contributed by atoms with Gasteiger partial charge in [-0.15, -0.1) is 16.2 Å². The molecule has 1 amide bonds. The van der Waals surface area contributed by atoms with Crippen molar-refractivity contribution >= 4 is 39.3 Å². The Balaban J connectivity index is 1.86. The van der Waals surface area contributed by atoms with Crippen LogP contribution in [0.4, 0.5) is 5.69 Å². The molecule has 0 bridgehead atoms. The van der Waals surface area contributed by atoms with Crippen LogP contribution >= 0.6 is 11.8 Å². The average molecular weight is 402 g/mol. The van der Waals surface area contributed by atoms with Crippen molar-refractivity contribution < 1.29 is 13.2 Å². The van der Waals surface area contributed by atoms with Gasteiger partial charge in [0.15, 0.2) is 0 Å². The fourth-order valence-corrected chi connectivity index (χ4v) is 4.15. The van der Waals surface area contributed by atoms with Crippen molar-refractivity contribution in [2.75, 3.05) is 11.6 Å². The number of carbonyl (C=O) groups is 1. The summed E-state index contributed by atoms with van der Waals surface area (Å²) in [6.07, 6.45) is 3.30. The second kappa shape index (κ2) is 7.98. The highest BCUT2D eigenvalue weighted by atomic mass is 32.2. The van der Waals surface area contributed by atoms with Gasteiger partial charge in [0.25, 0.3) is 5.91 Å². The van der Waals surface area contributed by atoms with Crippen molar-refractivity contribution in [3.05, 3.63) is 71.9 Å². The van der Waals surface area contributed by atoms with E-state index in [4.69, 9.17) is 0 Å². The van der Waals surface area contributed by atoms with Crippen LogP contribution in [-0.2, 0) is 21.5 Å². The van der Waals surface area contributed by atoms with E-state index in [0.29, 0.717) is 5.69 Å². The number of nitrogens with one attached hydrogen (secondary N) is 1. The summed E-state index contributed by atoms with van der Waals surface area (Å²) in [5.41, 5.74) is 1.83. The average Bonchev–Trinajstić information content (AvgIpc) is 2.64. The van der Waals surface area contributed by atoms with E-state index in [1.54, 1.807) is 17.8 Å². The topological polar surface area (TPSA) is 78.8 Å². The fraction of sp³-hybridized carbons (Fsp3) is 0.158. The zero-order chi connectivity index (χ0) is 19.4. The minimum Gasteiger partial charge on any atom is -0.322 e. The largest absolute Gasteiger partial charge is 0.344 e. The molecule has 1 aliphatic rings. The number of rotatable bonds is 5. The van der Waals surface area contributed by atoms with Crippen LogP contribution in [0.5, 0.6) is 0 Å². The second-order valence-corrected chi connectivity index (χ2v) is 8.34. The van der Waals surface area contributed by atoms with Gasteiger partial charge in [0, 0.05) is 16.8 Å². The number of hydrogen-bond acceptors (Lipinski definition) is 4. The minimum absolute atomic E-state index is 0.110. The molecule has 2 aromatic rings. The van der Waals surface area contributed by atoms with Crippen LogP contribution in [0.3, 0.4) is 0 Å². The minimum atomic E-state index is -3.86. The summed E-state index contributed by atoms with van der Waals surface area (Å²) >= 11 is 1.57. The van der Waals surface area contributed by atoms with Crippen LogP contribution in [0.1, 0.15) is 12.5 Å². The van der Waals surface area contributed by atoms with E-state index in [2.05, 4.69) is 9.71 Å². The van der Waals surface area contributed by atoms with Crippen LogP contribution in [0.15, 0.2) is 75.7 Å². The number of benzene rings is 2. The first kappa shape index (κ1) is 19.2. The molecule has 1 heterocycles. The molecule has 0 radical (unpaired) electrons. The van der Waals surface area contributed by atoms with Gasteiger partial charge in [-0.3, -0.25) is 9.10 Å². The first-order chi connectivity index (χ1) is 12.9. The van der Waals surface area contributed by atoms with Crippen LogP contribution in [0.25, 0.3) is 0 Å². The normalized spacial score (nSPS) is 15.7. The molecule has 0 fully saturated rings. The lowest BCUT2D eigenvalue weighted by Crippen LogP contribution is -2.32. The molecule has 0 unspecified atom stereocenters. The molecule has 8 heteroatoms. The lowest BCUT2D eigenvalue weighted by atomic mass is 10.1. The van der Waals surface area contributed by atoms with Gasteiger partial charge in [0.05, 0.1) is 17.8 Å². The van der Waals surface area contributed by atoms with Gasteiger partial charge in [0.1, 0.15) is 0 Å². The number of thioether (sulfide) groups is 1. The molecule has 27 heavy (non-hydrogen) atoms. The second-order valence-electron chi connectivity index (χ2n) is 5.91. The van der Waals surface area contributed by atoms with Crippen LogP contribution < -0.4 is 5.32 Å². The summed E-state index contributed by atoms with van der Waals surface area (Å²) in [6.45, 7) is 1.62. The Morgan fingerprint density at radius 1 is 1.15 bits per heavy atom. The molecule has 0 saturated heterocycles. The monoisotopic (exact) mass is 401 g/mol. The van der Waals surface area contributed by atoms with Crippen LogP contribution in [0, 0.1) is 0 Å². The van der Waals surface area contributed by atoms with Crippen molar-refractivity contribution in [2.45, 2.75) is 18.4 Å². The van der Waals surface area contributed by atoms with E-state index in [1.165, 1.54) is 13.1 Å². The zero-order valence-electron chi connectivity index (χ0n) is 14.9. The lowest BCUT2D eigenvalue weighted by molar-refractivity contribution is -0.112. The maximum Gasteiger partial charge on any atom is 0.344 e. The van der Waals surface area contributed by atoms with Gasteiger partial charge in [-0.25, -0.2) is 0 Å². The first-order valence-corrected chi connectivity index (χ1v) is 10.8. The van der Waals surface area contributed by atoms with Crippen molar-refractivity contribution in [2.24, 2.45) is 4.40 Å². The van der Waals surface area contributed by atoms with Crippen molar-refractivity contribution in [3.8, 4) is 0 Å². The molecule has 6 nitrogen and oxygen atoms in total. The zero-order valence-corrected chi connectivity index (χ0v) is 16.5. The van der Waals surface area contributed by atoms with Crippen molar-refractivity contribution in [3.63, 3.8) is 0 Å². The Morgan fingerprint density at radius 3 is 2.59 bits per heavy atom. The number of anilines is 1. The highest BCUT2D eigenvalue weighted by Crippen LogP contribution is 2.22. The molecule has 0 aliphatic carbocycles. The molecule has 0 spiro atoms. The van der Waals surface area contributed by atoms with Crippen molar-refractivity contribution in [1.82, 2.24) is 4.31 Å². The van der Waals surface area contributed by atoms with E-state index in [9.17, 15) is 13.2 Å². The van der Waals surface area contributed by atoms with Gasteiger partial charge in [-0.2, -0.15) is 8.42 Å². The van der Waals surface area contributed by atoms with Gasteiger partial charge < -0.3 is 5.32 Å². The summed E-state index contributed by atoms with van der Waals surface area (Å²) < 4.78 is 29.6. The molecule has 0 atom stereocenters. The number of amides is 1. The van der Waals surface area contributed by atoms with Gasteiger partial charge in [-0.1, -0.05) is 36.4 Å². The Kier molecular flexibility index (Phi) is 5.67. The number of carbonyl (C=O) groups excluding carboxylic acids is 1. The molecule has 3 rings (SSSR count). The highest BCUT2D eigenvalue weighted by Gasteiger charge is 2.28. The molecule has 0 saturated carbocycles. The van der Waals surface area contributed by atoms with Gasteiger partial charge in [0.2, 0.25) is 0 Å². The number of nitrogens with zero attached hydrogens (tertiary/aromatic N) is 2. The SMILES string of the molecule is CSc1cccc(NC(=O)C2=CN(Cc3ccccc3)S(=O)(=O)N=C2C)c1. The Morgan fingerprint density at radius 2 is 1.89 bits per heavy atom. The van der Waals surface area contributed by atoms with E-state index in [1.807, 2.05) is 54.8 Å². The third-order valence-corrected chi connectivity index (χ3v) is 6.02. The van der Waals surface area contributed by atoms with Gasteiger partial charge >= 0.3 is 10.2 Å². The Bertz CT molecular complexity index is 1020. The molecular formula is C19H19N3O3S2. The standard InChI is InChI=1S/C19H19N3O3S2/c1-14-18(19(23)20-16-9-6-10-17(11-16)26-2)13-22(27(24,25)21-14)12-15-7-4-3-5-8-15/h3-11,13H,12H2,1-2H3,(H,20,23). The third kappa shape index (κ3) is 4.58.